The van der Waals surface area contributed by atoms with Gasteiger partial charge in [0, 0.05) is 9.64 Å². The van der Waals surface area contributed by atoms with Crippen molar-refractivity contribution in [1.82, 2.24) is 0 Å². The van der Waals surface area contributed by atoms with Gasteiger partial charge in [-0.05, 0) is 57.7 Å². The summed E-state index contributed by atoms with van der Waals surface area (Å²) in [6, 6.07) is 3.23. The van der Waals surface area contributed by atoms with Gasteiger partial charge in [0.1, 0.15) is 0 Å². The molecule has 0 amide bonds. The third kappa shape index (κ3) is 4.23. The lowest BCUT2D eigenvalue weighted by molar-refractivity contribution is -0.386. The summed E-state index contributed by atoms with van der Waals surface area (Å²) in [5.41, 5.74) is 0.0475. The van der Waals surface area contributed by atoms with E-state index in [1.165, 1.54) is 6.07 Å². The Labute approximate surface area is 128 Å². The Hall–Kier alpha value is -0.120. The zero-order valence-electron chi connectivity index (χ0n) is 9.41. The van der Waals surface area contributed by atoms with Crippen molar-refractivity contribution in [3.05, 3.63) is 29.4 Å². The van der Waals surface area contributed by atoms with Gasteiger partial charge in [-0.1, -0.05) is 19.8 Å². The van der Waals surface area contributed by atoms with Crippen LogP contribution in [0.4, 0.5) is 5.69 Å². The first-order valence-electron chi connectivity index (χ1n) is 5.33. The Balaban J connectivity index is 2.86. The number of benzene rings is 1. The van der Waals surface area contributed by atoms with E-state index in [-0.39, 0.29) is 5.69 Å². The zero-order chi connectivity index (χ0) is 12.8. The van der Waals surface area contributed by atoms with Crippen molar-refractivity contribution in [2.45, 2.75) is 26.2 Å². The molecule has 94 valence electrons. The maximum Gasteiger partial charge on any atom is 0.312 e. The summed E-state index contributed by atoms with van der Waals surface area (Å²) in [5, 5.41) is 10.9. The van der Waals surface area contributed by atoms with Crippen molar-refractivity contribution < 1.29 is 9.66 Å². The van der Waals surface area contributed by atoms with Gasteiger partial charge in [-0.3, -0.25) is 10.1 Å². The van der Waals surface area contributed by atoms with E-state index < -0.39 is 4.92 Å². The highest BCUT2D eigenvalue weighted by molar-refractivity contribution is 14.1. The average Bonchev–Trinajstić information content (AvgIpc) is 2.29. The molecule has 0 saturated carbocycles. The molecule has 1 aromatic rings. The molecule has 0 bridgehead atoms. The number of nitro groups is 1. The number of nitro benzene ring substituents is 1. The van der Waals surface area contributed by atoms with E-state index in [1.54, 1.807) is 6.07 Å². The second-order valence-corrected chi connectivity index (χ2v) is 5.76. The third-order valence-corrected chi connectivity index (χ3v) is 5.22. The first-order chi connectivity index (χ1) is 8.07. The summed E-state index contributed by atoms with van der Waals surface area (Å²) in [4.78, 5) is 10.5. The van der Waals surface area contributed by atoms with Crippen LogP contribution in [0, 0.1) is 17.3 Å². The van der Waals surface area contributed by atoms with E-state index in [0.717, 1.165) is 26.4 Å². The second-order valence-electron chi connectivity index (χ2n) is 3.52. The normalized spacial score (nSPS) is 10.3. The van der Waals surface area contributed by atoms with E-state index >= 15 is 0 Å². The largest absolute Gasteiger partial charge is 0.486 e. The summed E-state index contributed by atoms with van der Waals surface area (Å²) < 4.78 is 7.34. The fraction of sp³-hybridized carbons (Fsp3) is 0.455. The Morgan fingerprint density at radius 1 is 1.35 bits per heavy atom. The van der Waals surface area contributed by atoms with Crippen LogP contribution in [-0.2, 0) is 0 Å². The van der Waals surface area contributed by atoms with Crippen molar-refractivity contribution in [2.75, 3.05) is 6.61 Å². The Morgan fingerprint density at radius 2 is 2.06 bits per heavy atom. The Morgan fingerprint density at radius 3 is 2.65 bits per heavy atom. The number of hydrogen-bond donors (Lipinski definition) is 0. The molecule has 4 nitrogen and oxygen atoms in total. The maximum absolute atomic E-state index is 10.9. The molecule has 0 atom stereocenters. The molecular formula is C11H13I2NO3. The van der Waals surface area contributed by atoms with Crippen LogP contribution >= 0.6 is 45.2 Å². The number of nitrogens with zero attached hydrogens (tertiary/aromatic N) is 1. The lowest BCUT2D eigenvalue weighted by Crippen LogP contribution is -2.03. The van der Waals surface area contributed by atoms with Gasteiger partial charge in [0.2, 0.25) is 5.75 Å². The summed E-state index contributed by atoms with van der Waals surface area (Å²) >= 11 is 4.24. The maximum atomic E-state index is 10.9. The van der Waals surface area contributed by atoms with Gasteiger partial charge in [-0.2, -0.15) is 0 Å². The van der Waals surface area contributed by atoms with Crippen LogP contribution in [0.1, 0.15) is 26.2 Å². The molecule has 17 heavy (non-hydrogen) atoms. The number of unbranched alkanes of at least 4 members (excludes halogenated alkanes) is 2. The highest BCUT2D eigenvalue weighted by atomic mass is 127. The third-order valence-electron chi connectivity index (χ3n) is 2.22. The first-order valence-corrected chi connectivity index (χ1v) is 7.48. The topological polar surface area (TPSA) is 52.4 Å². The monoisotopic (exact) mass is 461 g/mol. The minimum atomic E-state index is -0.395. The van der Waals surface area contributed by atoms with E-state index in [1.807, 2.05) is 0 Å². The molecule has 0 aliphatic heterocycles. The van der Waals surface area contributed by atoms with Crippen LogP contribution in [0.15, 0.2) is 12.1 Å². The molecule has 0 heterocycles. The highest BCUT2D eigenvalue weighted by Gasteiger charge is 2.20. The smallest absolute Gasteiger partial charge is 0.312 e. The fourth-order valence-electron chi connectivity index (χ4n) is 1.33. The molecule has 0 aliphatic rings. The number of rotatable bonds is 6. The molecule has 6 heteroatoms. The van der Waals surface area contributed by atoms with Gasteiger partial charge in [-0.15, -0.1) is 0 Å². The number of ether oxygens (including phenoxy) is 1. The van der Waals surface area contributed by atoms with E-state index in [2.05, 4.69) is 52.1 Å². The first kappa shape index (κ1) is 14.9. The van der Waals surface area contributed by atoms with Gasteiger partial charge < -0.3 is 4.74 Å². The number of hydrogen-bond acceptors (Lipinski definition) is 3. The van der Waals surface area contributed by atoms with Crippen LogP contribution in [0.25, 0.3) is 0 Å². The summed E-state index contributed by atoms with van der Waals surface area (Å²) in [7, 11) is 0. The minimum absolute atomic E-state index is 0.0475. The number of halogens is 2. The Kier molecular flexibility index (Phi) is 6.45. The molecule has 0 saturated heterocycles. The Bertz CT molecular complexity index is 410. The molecule has 0 aliphatic carbocycles. The molecule has 0 aromatic heterocycles. The predicted molar refractivity (Wildman–Crippen MR) is 83.6 cm³/mol. The zero-order valence-corrected chi connectivity index (χ0v) is 13.7. The van der Waals surface area contributed by atoms with Crippen LogP contribution in [-0.4, -0.2) is 11.5 Å². The average molecular weight is 461 g/mol. The molecule has 0 fully saturated rings. The summed E-state index contributed by atoms with van der Waals surface area (Å²) in [6.07, 6.45) is 3.11. The van der Waals surface area contributed by atoms with Crippen LogP contribution < -0.4 is 4.74 Å². The summed E-state index contributed by atoms with van der Waals surface area (Å²) in [6.45, 7) is 2.64. The van der Waals surface area contributed by atoms with Crippen molar-refractivity contribution >= 4 is 50.9 Å². The second kappa shape index (κ2) is 7.34. The van der Waals surface area contributed by atoms with Crippen LogP contribution in [0.5, 0.6) is 5.75 Å². The predicted octanol–water partition coefficient (Wildman–Crippen LogP) is 4.37. The van der Waals surface area contributed by atoms with Crippen molar-refractivity contribution in [1.29, 1.82) is 0 Å². The fourth-order valence-corrected chi connectivity index (χ4v) is 2.37. The van der Waals surface area contributed by atoms with Gasteiger partial charge in [0.15, 0.2) is 0 Å². The molecule has 0 radical (unpaired) electrons. The van der Waals surface area contributed by atoms with Crippen LogP contribution in [0.2, 0.25) is 0 Å². The molecule has 0 unspecified atom stereocenters. The van der Waals surface area contributed by atoms with E-state index in [4.69, 9.17) is 4.74 Å². The van der Waals surface area contributed by atoms with Crippen molar-refractivity contribution in [2.24, 2.45) is 0 Å². The quantitative estimate of drug-likeness (QED) is 0.274. The van der Waals surface area contributed by atoms with Gasteiger partial charge in [0.05, 0.1) is 15.1 Å². The molecule has 0 spiro atoms. The molecule has 1 aromatic carbocycles. The van der Waals surface area contributed by atoms with Crippen molar-refractivity contribution in [3.63, 3.8) is 0 Å². The molecular weight excluding hydrogens is 448 g/mol. The summed E-state index contributed by atoms with van der Waals surface area (Å²) in [5.74, 6) is 0.401. The molecule has 0 N–H and O–H groups in total. The SMILES string of the molecule is CCCCCOc1c([N+](=O)[O-])ccc(I)c1I. The van der Waals surface area contributed by atoms with E-state index in [0.29, 0.717) is 12.4 Å². The van der Waals surface area contributed by atoms with Gasteiger partial charge in [0.25, 0.3) is 0 Å². The van der Waals surface area contributed by atoms with Gasteiger partial charge in [-0.25, -0.2) is 0 Å². The van der Waals surface area contributed by atoms with Crippen LogP contribution in [0.3, 0.4) is 0 Å². The lowest BCUT2D eigenvalue weighted by atomic mass is 10.2. The molecule has 1 rings (SSSR count). The van der Waals surface area contributed by atoms with E-state index in [9.17, 15) is 10.1 Å². The highest BCUT2D eigenvalue weighted by Crippen LogP contribution is 2.35. The van der Waals surface area contributed by atoms with Gasteiger partial charge >= 0.3 is 5.69 Å². The van der Waals surface area contributed by atoms with Crippen molar-refractivity contribution in [3.8, 4) is 5.75 Å². The lowest BCUT2D eigenvalue weighted by Gasteiger charge is -2.09. The minimum Gasteiger partial charge on any atom is -0.486 e. The standard InChI is InChI=1S/C11H13I2NO3/c1-2-3-4-7-17-11-9(14(15)16)6-5-8(12)10(11)13/h5-6H,2-4,7H2,1H3.